The quantitative estimate of drug-likeness (QED) is 0.469. The standard InChI is InChI=1S/C8H18OSi.C4H6.Pt/c1-8(2)6-5-7-10(3,4)9-8;1-3-4-2;/h5-7H2,1-4H3;3-4H,1-2H2;. The Morgan fingerprint density at radius 2 is 1.67 bits per heavy atom. The van der Waals surface area contributed by atoms with Gasteiger partial charge in [0.25, 0.3) is 0 Å². The van der Waals surface area contributed by atoms with Gasteiger partial charge in [-0.1, -0.05) is 31.7 Å². The molecule has 0 aromatic carbocycles. The van der Waals surface area contributed by atoms with Gasteiger partial charge in [-0.2, -0.15) is 0 Å². The zero-order valence-electron chi connectivity index (χ0n) is 10.4. The topological polar surface area (TPSA) is 9.23 Å². The van der Waals surface area contributed by atoms with Crippen molar-refractivity contribution in [3.8, 4) is 0 Å². The van der Waals surface area contributed by atoms with Crippen molar-refractivity contribution in [2.24, 2.45) is 0 Å². The van der Waals surface area contributed by atoms with Crippen LogP contribution in [0.3, 0.4) is 0 Å². The van der Waals surface area contributed by atoms with Crippen LogP contribution in [0.1, 0.15) is 26.7 Å². The van der Waals surface area contributed by atoms with E-state index in [0.29, 0.717) is 0 Å². The molecule has 0 spiro atoms. The molecule has 1 aliphatic rings. The fourth-order valence-corrected chi connectivity index (χ4v) is 4.52. The van der Waals surface area contributed by atoms with Gasteiger partial charge in [-0.3, -0.25) is 0 Å². The van der Waals surface area contributed by atoms with Crippen molar-refractivity contribution in [2.45, 2.75) is 51.4 Å². The molecular weight excluding hydrogens is 383 g/mol. The van der Waals surface area contributed by atoms with Crippen molar-refractivity contribution in [2.75, 3.05) is 0 Å². The predicted molar refractivity (Wildman–Crippen MR) is 67.1 cm³/mol. The first-order valence-electron chi connectivity index (χ1n) is 5.27. The molecule has 0 radical (unpaired) electrons. The van der Waals surface area contributed by atoms with Crippen LogP contribution in [0.4, 0.5) is 0 Å². The van der Waals surface area contributed by atoms with E-state index in [-0.39, 0.29) is 26.7 Å². The predicted octanol–water partition coefficient (Wildman–Crippen LogP) is 4.14. The van der Waals surface area contributed by atoms with Crippen molar-refractivity contribution < 1.29 is 25.5 Å². The zero-order valence-corrected chi connectivity index (χ0v) is 13.7. The fraction of sp³-hybridized carbons (Fsp3) is 0.667. The van der Waals surface area contributed by atoms with Crippen LogP contribution in [0.5, 0.6) is 0 Å². The summed E-state index contributed by atoms with van der Waals surface area (Å²) in [6.45, 7) is 15.8. The van der Waals surface area contributed by atoms with E-state index in [9.17, 15) is 0 Å². The molecule has 1 nitrogen and oxygen atoms in total. The maximum atomic E-state index is 6.00. The molecule has 0 unspecified atom stereocenters. The van der Waals surface area contributed by atoms with E-state index in [4.69, 9.17) is 4.43 Å². The van der Waals surface area contributed by atoms with Gasteiger partial charge in [-0.25, -0.2) is 0 Å². The molecule has 0 amide bonds. The molecule has 0 N–H and O–H groups in total. The maximum Gasteiger partial charge on any atom is 0.187 e. The molecule has 1 rings (SSSR count). The molecule has 92 valence electrons. The summed E-state index contributed by atoms with van der Waals surface area (Å²) < 4.78 is 6.00. The third-order valence-corrected chi connectivity index (χ3v) is 4.94. The Balaban J connectivity index is 0. The van der Waals surface area contributed by atoms with Gasteiger partial charge < -0.3 is 4.43 Å². The van der Waals surface area contributed by atoms with Crippen molar-refractivity contribution in [3.05, 3.63) is 25.3 Å². The van der Waals surface area contributed by atoms with E-state index in [1.165, 1.54) is 18.9 Å². The molecule has 0 aromatic rings. The van der Waals surface area contributed by atoms with Crippen molar-refractivity contribution in [3.63, 3.8) is 0 Å². The van der Waals surface area contributed by atoms with Crippen LogP contribution >= 0.6 is 0 Å². The summed E-state index contributed by atoms with van der Waals surface area (Å²) in [5.74, 6) is 0. The third kappa shape index (κ3) is 9.28. The molecule has 0 saturated carbocycles. The Labute approximate surface area is 110 Å². The Kier molecular flexibility index (Phi) is 8.97. The van der Waals surface area contributed by atoms with E-state index in [0.717, 1.165) is 0 Å². The van der Waals surface area contributed by atoms with Gasteiger partial charge in [-0.15, -0.1) is 0 Å². The number of rotatable bonds is 1. The zero-order chi connectivity index (χ0) is 11.2. The molecule has 0 aromatic heterocycles. The second kappa shape index (κ2) is 7.59. The minimum atomic E-state index is -1.23. The minimum absolute atomic E-state index is 0. The largest absolute Gasteiger partial charge is 0.412 e. The molecule has 1 aliphatic heterocycles. The van der Waals surface area contributed by atoms with E-state index >= 15 is 0 Å². The van der Waals surface area contributed by atoms with Crippen LogP contribution in [-0.4, -0.2) is 13.9 Å². The summed E-state index contributed by atoms with van der Waals surface area (Å²) in [5, 5.41) is 0. The first-order valence-corrected chi connectivity index (χ1v) is 8.38. The van der Waals surface area contributed by atoms with Crippen LogP contribution in [-0.2, 0) is 25.5 Å². The van der Waals surface area contributed by atoms with Gasteiger partial charge in [0.15, 0.2) is 8.32 Å². The Bertz CT molecular complexity index is 180. The summed E-state index contributed by atoms with van der Waals surface area (Å²) in [6.07, 6.45) is 5.88. The van der Waals surface area contributed by atoms with Crippen LogP contribution in [0, 0.1) is 0 Å². The number of hydrogen-bond donors (Lipinski definition) is 0. The van der Waals surface area contributed by atoms with Gasteiger partial charge in [0.1, 0.15) is 0 Å². The Hall–Kier alpha value is 0.345. The average molecular weight is 407 g/mol. The SMILES string of the molecule is C=CC=C.CC1(C)CCC[Si](C)(C)O1.[Pt]. The monoisotopic (exact) mass is 407 g/mol. The van der Waals surface area contributed by atoms with Crippen LogP contribution < -0.4 is 0 Å². The van der Waals surface area contributed by atoms with Gasteiger partial charge in [-0.05, 0) is 39.4 Å². The fourth-order valence-electron chi connectivity index (χ4n) is 1.79. The minimum Gasteiger partial charge on any atom is -0.412 e. The maximum absolute atomic E-state index is 6.00. The van der Waals surface area contributed by atoms with Crippen LogP contribution in [0.2, 0.25) is 19.1 Å². The molecule has 1 fully saturated rings. The summed E-state index contributed by atoms with van der Waals surface area (Å²) in [6, 6.07) is 1.34. The molecule has 0 aliphatic carbocycles. The van der Waals surface area contributed by atoms with Gasteiger partial charge >= 0.3 is 0 Å². The summed E-state index contributed by atoms with van der Waals surface area (Å²) in [7, 11) is -1.23. The third-order valence-electron chi connectivity index (χ3n) is 2.28. The summed E-state index contributed by atoms with van der Waals surface area (Å²) in [4.78, 5) is 0. The molecule has 15 heavy (non-hydrogen) atoms. The molecular formula is C12H24OPtSi. The Morgan fingerprint density at radius 1 is 1.20 bits per heavy atom. The van der Waals surface area contributed by atoms with Crippen molar-refractivity contribution >= 4 is 8.32 Å². The Morgan fingerprint density at radius 3 is 1.87 bits per heavy atom. The van der Waals surface area contributed by atoms with E-state index < -0.39 is 8.32 Å². The first kappa shape index (κ1) is 17.7. The van der Waals surface area contributed by atoms with Gasteiger partial charge in [0, 0.05) is 21.1 Å². The van der Waals surface area contributed by atoms with Crippen LogP contribution in [0.25, 0.3) is 0 Å². The van der Waals surface area contributed by atoms with Crippen LogP contribution in [0.15, 0.2) is 25.3 Å². The van der Waals surface area contributed by atoms with E-state index in [1.807, 2.05) is 0 Å². The van der Waals surface area contributed by atoms with E-state index in [2.05, 4.69) is 40.1 Å². The van der Waals surface area contributed by atoms with Gasteiger partial charge in [0.05, 0.1) is 5.60 Å². The number of allylic oxidation sites excluding steroid dienone is 2. The molecule has 0 atom stereocenters. The van der Waals surface area contributed by atoms with Crippen molar-refractivity contribution in [1.82, 2.24) is 0 Å². The second-order valence-corrected chi connectivity index (χ2v) is 9.17. The molecule has 3 heteroatoms. The molecule has 1 heterocycles. The average Bonchev–Trinajstić information content (AvgIpc) is 2.00. The first-order chi connectivity index (χ1) is 6.33. The second-order valence-electron chi connectivity index (χ2n) is 4.95. The smallest absolute Gasteiger partial charge is 0.187 e. The summed E-state index contributed by atoms with van der Waals surface area (Å²) in [5.41, 5.74) is 0.175. The normalized spacial score (nSPS) is 21.3. The number of hydrogen-bond acceptors (Lipinski definition) is 1. The molecule has 0 bridgehead atoms. The molecule has 1 saturated heterocycles. The van der Waals surface area contributed by atoms with Gasteiger partial charge in [0.2, 0.25) is 0 Å². The van der Waals surface area contributed by atoms with Crippen molar-refractivity contribution in [1.29, 1.82) is 0 Å². The van der Waals surface area contributed by atoms with E-state index in [1.54, 1.807) is 12.2 Å². The summed E-state index contributed by atoms with van der Waals surface area (Å²) >= 11 is 0.